The van der Waals surface area contributed by atoms with E-state index in [0.29, 0.717) is 0 Å². The van der Waals surface area contributed by atoms with E-state index in [9.17, 15) is 31.5 Å². The van der Waals surface area contributed by atoms with E-state index >= 15 is 0 Å². The number of carbonyl (C=O) groups excluding carboxylic acids is 1. The monoisotopic (exact) mass is 370 g/mol. The summed E-state index contributed by atoms with van der Waals surface area (Å²) in [5, 5.41) is 19.7. The van der Waals surface area contributed by atoms with Crippen LogP contribution in [-0.4, -0.2) is 67.9 Å². The Balaban J connectivity index is 2.96. The molecule has 1 aromatic carbocycles. The molecule has 0 aliphatic rings. The molecular formula is C13H17F3N2O5S. The quantitative estimate of drug-likeness (QED) is 0.624. The normalized spacial score (nSPS) is 13.8. The number of benzene rings is 1. The molecule has 11 heteroatoms. The predicted molar refractivity (Wildman–Crippen MR) is 77.7 cm³/mol. The maximum absolute atomic E-state index is 12.3. The SMILES string of the molecule is CN(CC(O)CO)S(=O)(=O)c1cccc(C(=O)NCC(F)(F)F)c1. The molecular weight excluding hydrogens is 353 g/mol. The Kier molecular flexibility index (Phi) is 6.72. The van der Waals surface area contributed by atoms with Gasteiger partial charge in [0, 0.05) is 19.2 Å². The number of amides is 1. The fourth-order valence-electron chi connectivity index (χ4n) is 1.71. The lowest BCUT2D eigenvalue weighted by atomic mass is 10.2. The molecule has 0 saturated heterocycles. The molecule has 0 saturated carbocycles. The van der Waals surface area contributed by atoms with Crippen LogP contribution in [0.4, 0.5) is 13.2 Å². The number of nitrogens with zero attached hydrogens (tertiary/aromatic N) is 1. The van der Waals surface area contributed by atoms with E-state index in [-0.39, 0.29) is 17.0 Å². The van der Waals surface area contributed by atoms with Crippen molar-refractivity contribution >= 4 is 15.9 Å². The first kappa shape index (κ1) is 20.4. The summed E-state index contributed by atoms with van der Waals surface area (Å²) in [6.07, 6.45) is -5.87. The summed E-state index contributed by atoms with van der Waals surface area (Å²) in [7, 11) is -2.93. The number of sulfonamides is 1. The molecule has 0 aliphatic heterocycles. The number of likely N-dealkylation sites (N-methyl/N-ethyl adjacent to an activating group) is 1. The fraction of sp³-hybridized carbons (Fsp3) is 0.462. The molecule has 136 valence electrons. The van der Waals surface area contributed by atoms with Gasteiger partial charge in [0.2, 0.25) is 10.0 Å². The fourth-order valence-corrected chi connectivity index (χ4v) is 2.97. The Morgan fingerprint density at radius 2 is 2.00 bits per heavy atom. The number of hydrogen-bond acceptors (Lipinski definition) is 5. The number of rotatable bonds is 7. The third kappa shape index (κ3) is 5.74. The van der Waals surface area contributed by atoms with Crippen LogP contribution in [0.3, 0.4) is 0 Å². The molecule has 0 heterocycles. The standard InChI is InChI=1S/C13H17F3N2O5S/c1-18(6-10(20)7-19)24(22,23)11-4-2-3-9(5-11)12(21)17-8-13(14,15)16/h2-5,10,19-20H,6-8H2,1H3,(H,17,21). The third-order valence-corrected chi connectivity index (χ3v) is 4.75. The van der Waals surface area contributed by atoms with Gasteiger partial charge in [0.25, 0.3) is 5.91 Å². The lowest BCUT2D eigenvalue weighted by Crippen LogP contribution is -2.36. The number of aliphatic hydroxyl groups is 2. The number of aliphatic hydroxyl groups excluding tert-OH is 2. The number of hydrogen-bond donors (Lipinski definition) is 3. The molecule has 0 fully saturated rings. The highest BCUT2D eigenvalue weighted by Gasteiger charge is 2.28. The van der Waals surface area contributed by atoms with Gasteiger partial charge in [-0.05, 0) is 18.2 Å². The van der Waals surface area contributed by atoms with E-state index in [2.05, 4.69) is 0 Å². The van der Waals surface area contributed by atoms with Crippen LogP contribution in [0.1, 0.15) is 10.4 Å². The maximum Gasteiger partial charge on any atom is 0.405 e. The average molecular weight is 370 g/mol. The van der Waals surface area contributed by atoms with Crippen molar-refractivity contribution in [2.75, 3.05) is 26.7 Å². The average Bonchev–Trinajstić information content (AvgIpc) is 2.51. The first-order valence-corrected chi connectivity index (χ1v) is 8.11. The smallest absolute Gasteiger partial charge is 0.394 e. The molecule has 0 aliphatic carbocycles. The molecule has 1 atom stereocenters. The van der Waals surface area contributed by atoms with Crippen LogP contribution in [0.2, 0.25) is 0 Å². The van der Waals surface area contributed by atoms with Gasteiger partial charge in [-0.3, -0.25) is 4.79 Å². The largest absolute Gasteiger partial charge is 0.405 e. The molecule has 24 heavy (non-hydrogen) atoms. The zero-order chi connectivity index (χ0) is 18.5. The highest BCUT2D eigenvalue weighted by Crippen LogP contribution is 2.17. The Hall–Kier alpha value is -1.69. The van der Waals surface area contributed by atoms with Crippen molar-refractivity contribution in [3.63, 3.8) is 0 Å². The molecule has 1 aromatic rings. The van der Waals surface area contributed by atoms with Crippen LogP contribution in [0.25, 0.3) is 0 Å². The summed E-state index contributed by atoms with van der Waals surface area (Å²) < 4.78 is 61.7. The Bertz CT molecular complexity index is 678. The van der Waals surface area contributed by atoms with E-state index in [1.54, 1.807) is 5.32 Å². The summed E-state index contributed by atoms with van der Waals surface area (Å²) in [5.74, 6) is -1.07. The highest BCUT2D eigenvalue weighted by atomic mass is 32.2. The topological polar surface area (TPSA) is 107 Å². The Morgan fingerprint density at radius 3 is 2.54 bits per heavy atom. The van der Waals surface area contributed by atoms with Gasteiger partial charge in [0.15, 0.2) is 0 Å². The maximum atomic E-state index is 12.3. The van der Waals surface area contributed by atoms with Crippen molar-refractivity contribution in [2.24, 2.45) is 0 Å². The summed E-state index contributed by atoms with van der Waals surface area (Å²) in [6, 6.07) is 4.49. The van der Waals surface area contributed by atoms with Crippen molar-refractivity contribution in [2.45, 2.75) is 17.2 Å². The minimum absolute atomic E-state index is 0.253. The van der Waals surface area contributed by atoms with Crippen molar-refractivity contribution in [1.82, 2.24) is 9.62 Å². The second-order valence-corrected chi connectivity index (χ2v) is 6.99. The first-order valence-electron chi connectivity index (χ1n) is 6.67. The molecule has 1 rings (SSSR count). The van der Waals surface area contributed by atoms with Crippen LogP contribution < -0.4 is 5.32 Å². The molecule has 3 N–H and O–H groups in total. The van der Waals surface area contributed by atoms with Gasteiger partial charge >= 0.3 is 6.18 Å². The Labute approximate surface area is 136 Å². The lowest BCUT2D eigenvalue weighted by molar-refractivity contribution is -0.123. The second-order valence-electron chi connectivity index (χ2n) is 4.95. The van der Waals surface area contributed by atoms with E-state index in [0.717, 1.165) is 23.5 Å². The number of halogens is 3. The van der Waals surface area contributed by atoms with E-state index in [4.69, 9.17) is 5.11 Å². The van der Waals surface area contributed by atoms with E-state index in [1.807, 2.05) is 0 Å². The molecule has 0 spiro atoms. The number of carbonyl (C=O) groups is 1. The third-order valence-electron chi connectivity index (χ3n) is 2.93. The van der Waals surface area contributed by atoms with Crippen LogP contribution in [-0.2, 0) is 10.0 Å². The van der Waals surface area contributed by atoms with Crippen molar-refractivity contribution in [1.29, 1.82) is 0 Å². The summed E-state index contributed by atoms with van der Waals surface area (Å²) in [5.41, 5.74) is -0.253. The summed E-state index contributed by atoms with van der Waals surface area (Å²) >= 11 is 0. The minimum atomic E-state index is -4.58. The predicted octanol–water partition coefficient (Wildman–Crippen LogP) is -0.0476. The van der Waals surface area contributed by atoms with Crippen molar-refractivity contribution < 1.29 is 36.6 Å². The second kappa shape index (κ2) is 7.92. The molecule has 7 nitrogen and oxygen atoms in total. The van der Waals surface area contributed by atoms with Crippen molar-refractivity contribution in [3.05, 3.63) is 29.8 Å². The number of nitrogens with one attached hydrogen (secondary N) is 1. The van der Waals surface area contributed by atoms with Gasteiger partial charge < -0.3 is 15.5 Å². The van der Waals surface area contributed by atoms with Crippen molar-refractivity contribution in [3.8, 4) is 0 Å². The zero-order valence-corrected chi connectivity index (χ0v) is 13.4. The van der Waals surface area contributed by atoms with Crippen LogP contribution in [0, 0.1) is 0 Å². The van der Waals surface area contributed by atoms with E-state index in [1.165, 1.54) is 12.1 Å². The zero-order valence-electron chi connectivity index (χ0n) is 12.6. The number of alkyl halides is 3. The molecule has 1 unspecified atom stereocenters. The van der Waals surface area contributed by atoms with Gasteiger partial charge in [-0.15, -0.1) is 0 Å². The molecule has 1 amide bonds. The van der Waals surface area contributed by atoms with Gasteiger partial charge in [-0.25, -0.2) is 8.42 Å². The molecule has 0 radical (unpaired) electrons. The van der Waals surface area contributed by atoms with Gasteiger partial charge in [0.1, 0.15) is 6.54 Å². The molecule has 0 bridgehead atoms. The summed E-state index contributed by atoms with van der Waals surface area (Å²) in [6.45, 7) is -2.56. The van der Waals surface area contributed by atoms with Gasteiger partial charge in [0.05, 0.1) is 17.6 Å². The first-order chi connectivity index (χ1) is 11.0. The highest BCUT2D eigenvalue weighted by molar-refractivity contribution is 7.89. The van der Waals surface area contributed by atoms with Crippen LogP contribution in [0.5, 0.6) is 0 Å². The van der Waals surface area contributed by atoms with Crippen LogP contribution >= 0.6 is 0 Å². The Morgan fingerprint density at radius 1 is 1.38 bits per heavy atom. The van der Waals surface area contributed by atoms with Crippen LogP contribution in [0.15, 0.2) is 29.2 Å². The lowest BCUT2D eigenvalue weighted by Gasteiger charge is -2.19. The van der Waals surface area contributed by atoms with E-state index < -0.39 is 41.4 Å². The van der Waals surface area contributed by atoms with Gasteiger partial charge in [-0.2, -0.15) is 17.5 Å². The molecule has 0 aromatic heterocycles. The van der Waals surface area contributed by atoms with Gasteiger partial charge in [-0.1, -0.05) is 6.07 Å². The summed E-state index contributed by atoms with van der Waals surface area (Å²) in [4.78, 5) is 11.3. The minimum Gasteiger partial charge on any atom is -0.394 e.